The Labute approximate surface area is 94.6 Å². The van der Waals surface area contributed by atoms with Crippen LogP contribution in [-0.4, -0.2) is 34.1 Å². The smallest absolute Gasteiger partial charge is 0.408 e. The summed E-state index contributed by atoms with van der Waals surface area (Å²) in [6.07, 6.45) is -0.754. The molecule has 0 aliphatic heterocycles. The van der Waals surface area contributed by atoms with Gasteiger partial charge in [0.1, 0.15) is 11.6 Å². The fourth-order valence-corrected chi connectivity index (χ4v) is 1.03. The Morgan fingerprint density at radius 3 is 2.13 bits per heavy atom. The van der Waals surface area contributed by atoms with E-state index in [4.69, 9.17) is 9.84 Å². The van der Waals surface area contributed by atoms with Gasteiger partial charge in [0.2, 0.25) is 0 Å². The maximum absolute atomic E-state index is 11.2. The summed E-state index contributed by atoms with van der Waals surface area (Å²) in [6.45, 7) is 6.69. The van der Waals surface area contributed by atoms with Crippen molar-refractivity contribution in [2.24, 2.45) is 0 Å². The molecule has 6 heteroatoms. The first kappa shape index (κ1) is 14.1. The zero-order valence-electron chi connectivity index (χ0n) is 9.27. The molecule has 0 saturated heterocycles. The highest BCUT2D eigenvalue weighted by Crippen LogP contribution is 2.08. The van der Waals surface area contributed by atoms with E-state index in [-0.39, 0.29) is 0 Å². The van der Waals surface area contributed by atoms with Gasteiger partial charge in [-0.15, -0.1) is 0 Å². The molecular weight excluding hydrogens is 218 g/mol. The molecule has 0 fully saturated rings. The minimum Gasteiger partial charge on any atom is -0.480 e. The molecule has 15 heavy (non-hydrogen) atoms. The minimum absolute atomic E-state index is 0.491. The van der Waals surface area contributed by atoms with Crippen LogP contribution in [0, 0.1) is 0 Å². The van der Waals surface area contributed by atoms with Crippen LogP contribution < -0.4 is 5.32 Å². The number of rotatable bonds is 3. The van der Waals surface area contributed by atoms with Crippen molar-refractivity contribution >= 4 is 24.7 Å². The monoisotopic (exact) mass is 235 g/mol. The van der Waals surface area contributed by atoms with E-state index in [2.05, 4.69) is 17.9 Å². The summed E-state index contributed by atoms with van der Waals surface area (Å²) in [5.74, 6) is -1.14. The number of carbonyl (C=O) groups excluding carboxylic acids is 1. The van der Waals surface area contributed by atoms with Crippen LogP contribution in [0.1, 0.15) is 27.7 Å². The molecule has 0 aromatic rings. The van der Waals surface area contributed by atoms with Gasteiger partial charge < -0.3 is 15.2 Å². The molecule has 0 radical (unpaired) electrons. The first-order valence-corrected chi connectivity index (χ1v) is 5.05. The average Bonchev–Trinajstić information content (AvgIpc) is 1.95. The first-order chi connectivity index (χ1) is 6.63. The number of nitrogens with one attached hydrogen (secondary N) is 1. The summed E-state index contributed by atoms with van der Waals surface area (Å²) < 4.78 is 4.92. The summed E-state index contributed by atoms with van der Waals surface area (Å²) >= 11 is 3.97. The maximum Gasteiger partial charge on any atom is 0.408 e. The van der Waals surface area contributed by atoms with Gasteiger partial charge in [-0.05, 0) is 20.8 Å². The van der Waals surface area contributed by atoms with Gasteiger partial charge in [-0.2, -0.15) is 12.6 Å². The van der Waals surface area contributed by atoms with Crippen molar-refractivity contribution in [2.75, 3.05) is 0 Å². The third-order valence-electron chi connectivity index (χ3n) is 1.42. The van der Waals surface area contributed by atoms with Gasteiger partial charge in [-0.1, -0.05) is 6.92 Å². The number of carboxylic acids is 1. The van der Waals surface area contributed by atoms with Crippen molar-refractivity contribution in [3.63, 3.8) is 0 Å². The molecule has 88 valence electrons. The summed E-state index contributed by atoms with van der Waals surface area (Å²) in [5, 5.41) is 10.5. The van der Waals surface area contributed by atoms with E-state index in [0.717, 1.165) is 0 Å². The van der Waals surface area contributed by atoms with E-state index in [9.17, 15) is 9.59 Å². The Morgan fingerprint density at radius 1 is 1.40 bits per heavy atom. The second-order valence-corrected chi connectivity index (χ2v) is 5.02. The van der Waals surface area contributed by atoms with E-state index in [0.29, 0.717) is 0 Å². The molecule has 1 amide bonds. The van der Waals surface area contributed by atoms with E-state index in [1.54, 1.807) is 27.7 Å². The van der Waals surface area contributed by atoms with Gasteiger partial charge in [-0.25, -0.2) is 9.59 Å². The average molecular weight is 235 g/mol. The van der Waals surface area contributed by atoms with Crippen molar-refractivity contribution in [1.29, 1.82) is 0 Å². The van der Waals surface area contributed by atoms with Crippen molar-refractivity contribution in [1.82, 2.24) is 5.32 Å². The second-order valence-electron chi connectivity index (χ2n) is 4.20. The van der Waals surface area contributed by atoms with Gasteiger partial charge in [-0.3, -0.25) is 0 Å². The molecule has 2 N–H and O–H groups in total. The number of carbonyl (C=O) groups is 2. The summed E-state index contributed by atoms with van der Waals surface area (Å²) in [5.41, 5.74) is -0.646. The number of ether oxygens (including phenoxy) is 1. The molecule has 2 unspecified atom stereocenters. The zero-order valence-corrected chi connectivity index (χ0v) is 10.2. The molecule has 5 nitrogen and oxygen atoms in total. The van der Waals surface area contributed by atoms with Crippen molar-refractivity contribution in [3.8, 4) is 0 Å². The lowest BCUT2D eigenvalue weighted by Gasteiger charge is -2.23. The van der Waals surface area contributed by atoms with Crippen molar-refractivity contribution in [2.45, 2.75) is 44.6 Å². The SMILES string of the molecule is CC(S)C(NC(=O)OC(C)(C)C)C(=O)O. The number of thiol groups is 1. The molecule has 0 rings (SSSR count). The standard InChI is InChI=1S/C9H17NO4S/c1-5(15)6(7(11)12)10-8(13)14-9(2,3)4/h5-6,15H,1-4H3,(H,10,13)(H,11,12). The predicted molar refractivity (Wildman–Crippen MR) is 59.2 cm³/mol. The van der Waals surface area contributed by atoms with Crippen LogP contribution in [-0.2, 0) is 9.53 Å². The van der Waals surface area contributed by atoms with Crippen LogP contribution >= 0.6 is 12.6 Å². The van der Waals surface area contributed by atoms with Gasteiger partial charge >= 0.3 is 12.1 Å². The quantitative estimate of drug-likeness (QED) is 0.644. The van der Waals surface area contributed by atoms with Crippen LogP contribution in [0.5, 0.6) is 0 Å². The predicted octanol–water partition coefficient (Wildman–Crippen LogP) is 1.28. The lowest BCUT2D eigenvalue weighted by molar-refractivity contribution is -0.139. The Hall–Kier alpha value is -0.910. The first-order valence-electron chi connectivity index (χ1n) is 4.54. The molecule has 0 aliphatic carbocycles. The molecule has 0 spiro atoms. The molecule has 0 bridgehead atoms. The second kappa shape index (κ2) is 5.25. The van der Waals surface area contributed by atoms with E-state index < -0.39 is 29.0 Å². The summed E-state index contributed by atoms with van der Waals surface area (Å²) in [4.78, 5) is 22.0. The van der Waals surface area contributed by atoms with Crippen LogP contribution in [0.4, 0.5) is 4.79 Å². The maximum atomic E-state index is 11.2. The minimum atomic E-state index is -1.14. The van der Waals surface area contributed by atoms with Crippen molar-refractivity contribution < 1.29 is 19.4 Å². The Balaban J connectivity index is 4.31. The number of amides is 1. The molecule has 0 aromatic carbocycles. The normalized spacial score (nSPS) is 15.3. The topological polar surface area (TPSA) is 75.6 Å². The fourth-order valence-electron chi connectivity index (χ4n) is 0.823. The summed E-state index contributed by atoms with van der Waals surface area (Å²) in [6, 6.07) is -1.05. The van der Waals surface area contributed by atoms with E-state index in [1.807, 2.05) is 0 Å². The largest absolute Gasteiger partial charge is 0.480 e. The van der Waals surface area contributed by atoms with E-state index in [1.165, 1.54) is 0 Å². The van der Waals surface area contributed by atoms with Crippen LogP contribution in [0.15, 0.2) is 0 Å². The van der Waals surface area contributed by atoms with Crippen LogP contribution in [0.25, 0.3) is 0 Å². The van der Waals surface area contributed by atoms with Crippen LogP contribution in [0.2, 0.25) is 0 Å². The highest BCUT2D eigenvalue weighted by molar-refractivity contribution is 7.81. The van der Waals surface area contributed by atoms with E-state index >= 15 is 0 Å². The lowest BCUT2D eigenvalue weighted by atomic mass is 10.2. The summed E-state index contributed by atoms with van der Waals surface area (Å²) in [7, 11) is 0. The van der Waals surface area contributed by atoms with Crippen LogP contribution in [0.3, 0.4) is 0 Å². The third kappa shape index (κ3) is 6.22. The number of hydrogen-bond acceptors (Lipinski definition) is 4. The number of carboxylic acid groups (broad SMARTS) is 1. The highest BCUT2D eigenvalue weighted by atomic mass is 32.1. The van der Waals surface area contributed by atoms with Gasteiger partial charge in [0.25, 0.3) is 0 Å². The fraction of sp³-hybridized carbons (Fsp3) is 0.778. The van der Waals surface area contributed by atoms with Gasteiger partial charge in [0.05, 0.1) is 0 Å². The lowest BCUT2D eigenvalue weighted by Crippen LogP contribution is -2.47. The van der Waals surface area contributed by atoms with Crippen molar-refractivity contribution in [3.05, 3.63) is 0 Å². The Kier molecular flexibility index (Phi) is 4.93. The molecule has 0 aromatic heterocycles. The third-order valence-corrected chi connectivity index (χ3v) is 1.72. The Morgan fingerprint density at radius 2 is 1.87 bits per heavy atom. The molecule has 2 atom stereocenters. The molecule has 0 saturated carbocycles. The molecular formula is C9H17NO4S. The number of aliphatic carboxylic acids is 1. The number of alkyl carbamates (subject to hydrolysis) is 1. The Bertz CT molecular complexity index is 247. The van der Waals surface area contributed by atoms with Gasteiger partial charge in [0.15, 0.2) is 0 Å². The van der Waals surface area contributed by atoms with Gasteiger partial charge in [0, 0.05) is 5.25 Å². The number of hydrogen-bond donors (Lipinski definition) is 3. The highest BCUT2D eigenvalue weighted by Gasteiger charge is 2.26. The molecule has 0 aliphatic rings. The molecule has 0 heterocycles. The zero-order chi connectivity index (χ0) is 12.2.